The van der Waals surface area contributed by atoms with Crippen LogP contribution in [0.15, 0.2) is 36.7 Å². The van der Waals surface area contributed by atoms with Gasteiger partial charge >= 0.3 is 6.55 Å². The quantitative estimate of drug-likeness (QED) is 0.905. The Morgan fingerprint density at radius 2 is 1.94 bits per heavy atom. The van der Waals surface area contributed by atoms with Gasteiger partial charge in [-0.2, -0.15) is 8.78 Å². The predicted octanol–water partition coefficient (Wildman–Crippen LogP) is 3.22. The maximum absolute atomic E-state index is 12.5. The molecule has 0 fully saturated rings. The summed E-state index contributed by atoms with van der Waals surface area (Å²) in [6.07, 6.45) is 2.63. The minimum Gasteiger partial charge on any atom is -0.306 e. The van der Waals surface area contributed by atoms with Gasteiger partial charge in [-0.1, -0.05) is 23.7 Å². The highest BCUT2D eigenvalue weighted by Gasteiger charge is 2.10. The van der Waals surface area contributed by atoms with Gasteiger partial charge in [-0.15, -0.1) is 0 Å². The Labute approximate surface area is 108 Å². The topological polar surface area (TPSA) is 29.9 Å². The summed E-state index contributed by atoms with van der Waals surface area (Å²) in [6, 6.07) is 7.35. The molecule has 0 unspecified atom stereocenters. The fraction of sp³-hybridized carbons (Fsp3) is 0.250. The summed E-state index contributed by atoms with van der Waals surface area (Å²) in [6.45, 7) is -1.69. The lowest BCUT2D eigenvalue weighted by Crippen LogP contribution is -2.16. The predicted molar refractivity (Wildman–Crippen MR) is 65.5 cm³/mol. The second-order valence-corrected chi connectivity index (χ2v) is 4.19. The molecule has 1 aromatic carbocycles. The molecule has 2 rings (SSSR count). The third-order valence-electron chi connectivity index (χ3n) is 2.48. The highest BCUT2D eigenvalue weighted by Crippen LogP contribution is 2.12. The minimum atomic E-state index is -2.56. The molecule has 0 saturated carbocycles. The standard InChI is InChI=1S/C12H12ClF2N3/c13-10-3-1-9(2-4-10)7-16-8-11-17-5-6-18(11)12(14)15/h1-6,12,16H,7-8H2. The molecule has 0 aliphatic rings. The average molecular weight is 272 g/mol. The molecule has 0 aliphatic heterocycles. The third-order valence-corrected chi connectivity index (χ3v) is 2.74. The van der Waals surface area contributed by atoms with Crippen molar-refractivity contribution in [2.75, 3.05) is 0 Å². The van der Waals surface area contributed by atoms with Crippen LogP contribution in [0.1, 0.15) is 17.9 Å². The Balaban J connectivity index is 1.88. The summed E-state index contributed by atoms with van der Waals surface area (Å²) < 4.78 is 25.9. The van der Waals surface area contributed by atoms with Crippen molar-refractivity contribution < 1.29 is 8.78 Å². The van der Waals surface area contributed by atoms with E-state index in [2.05, 4.69) is 10.3 Å². The molecule has 0 spiro atoms. The van der Waals surface area contributed by atoms with Crippen molar-refractivity contribution in [3.05, 3.63) is 53.1 Å². The molecule has 3 nitrogen and oxygen atoms in total. The number of hydrogen-bond acceptors (Lipinski definition) is 2. The first-order valence-electron chi connectivity index (χ1n) is 5.42. The van der Waals surface area contributed by atoms with Crippen LogP contribution in [0, 0.1) is 0 Å². The van der Waals surface area contributed by atoms with Crippen LogP contribution in [0.3, 0.4) is 0 Å². The van der Waals surface area contributed by atoms with E-state index in [1.54, 1.807) is 12.1 Å². The number of imidazole rings is 1. The maximum Gasteiger partial charge on any atom is 0.319 e. The molecule has 6 heteroatoms. The van der Waals surface area contributed by atoms with E-state index in [0.29, 0.717) is 23.9 Å². The van der Waals surface area contributed by atoms with E-state index in [1.165, 1.54) is 12.4 Å². The fourth-order valence-corrected chi connectivity index (χ4v) is 1.71. The van der Waals surface area contributed by atoms with E-state index in [-0.39, 0.29) is 0 Å². The van der Waals surface area contributed by atoms with Crippen molar-refractivity contribution in [2.45, 2.75) is 19.6 Å². The Bertz CT molecular complexity index is 496. The van der Waals surface area contributed by atoms with Gasteiger partial charge in [0.1, 0.15) is 5.82 Å². The number of alkyl halides is 2. The van der Waals surface area contributed by atoms with Crippen LogP contribution in [-0.4, -0.2) is 9.55 Å². The Morgan fingerprint density at radius 3 is 2.61 bits per heavy atom. The largest absolute Gasteiger partial charge is 0.319 e. The zero-order valence-electron chi connectivity index (χ0n) is 9.48. The summed E-state index contributed by atoms with van der Waals surface area (Å²) in [4.78, 5) is 3.88. The third kappa shape index (κ3) is 3.27. The smallest absolute Gasteiger partial charge is 0.306 e. The number of hydrogen-bond donors (Lipinski definition) is 1. The molecule has 1 N–H and O–H groups in total. The van der Waals surface area contributed by atoms with Gasteiger partial charge in [0.05, 0.1) is 6.54 Å². The summed E-state index contributed by atoms with van der Waals surface area (Å²) >= 11 is 5.77. The van der Waals surface area contributed by atoms with Gasteiger partial charge in [0.25, 0.3) is 0 Å². The number of nitrogens with zero attached hydrogens (tertiary/aromatic N) is 2. The molecule has 0 amide bonds. The van der Waals surface area contributed by atoms with Gasteiger partial charge in [0.2, 0.25) is 0 Å². The highest BCUT2D eigenvalue weighted by molar-refractivity contribution is 6.30. The van der Waals surface area contributed by atoms with Gasteiger partial charge < -0.3 is 5.32 Å². The second kappa shape index (κ2) is 5.93. The number of rotatable bonds is 5. The number of nitrogens with one attached hydrogen (secondary N) is 1. The Hall–Kier alpha value is -1.46. The highest BCUT2D eigenvalue weighted by atomic mass is 35.5. The van der Waals surface area contributed by atoms with Crippen molar-refractivity contribution in [1.29, 1.82) is 0 Å². The minimum absolute atomic E-state index is 0.292. The first-order chi connectivity index (χ1) is 8.66. The number of aromatic nitrogens is 2. The molecular formula is C12H12ClF2N3. The summed E-state index contributed by atoms with van der Waals surface area (Å²) in [7, 11) is 0. The van der Waals surface area contributed by atoms with Crippen molar-refractivity contribution in [2.24, 2.45) is 0 Å². The molecule has 18 heavy (non-hydrogen) atoms. The van der Waals surface area contributed by atoms with E-state index in [9.17, 15) is 8.78 Å². The normalized spacial score (nSPS) is 11.1. The Morgan fingerprint density at radius 1 is 1.22 bits per heavy atom. The van der Waals surface area contributed by atoms with E-state index in [1.807, 2.05) is 12.1 Å². The molecule has 0 atom stereocenters. The van der Waals surface area contributed by atoms with Crippen molar-refractivity contribution in [1.82, 2.24) is 14.9 Å². The zero-order chi connectivity index (χ0) is 13.0. The van der Waals surface area contributed by atoms with Crippen LogP contribution < -0.4 is 5.32 Å². The molecule has 2 aromatic rings. The molecular weight excluding hydrogens is 260 g/mol. The van der Waals surface area contributed by atoms with E-state index in [0.717, 1.165) is 10.1 Å². The lowest BCUT2D eigenvalue weighted by Gasteiger charge is -2.07. The van der Waals surface area contributed by atoms with Crippen molar-refractivity contribution in [3.8, 4) is 0 Å². The second-order valence-electron chi connectivity index (χ2n) is 3.76. The number of benzene rings is 1. The first kappa shape index (κ1) is 13.0. The molecule has 96 valence electrons. The molecule has 0 bridgehead atoms. The number of halogens is 3. The summed E-state index contributed by atoms with van der Waals surface area (Å²) in [5.41, 5.74) is 1.04. The molecule has 0 saturated heterocycles. The molecule has 0 aliphatic carbocycles. The van der Waals surface area contributed by atoms with E-state index in [4.69, 9.17) is 11.6 Å². The average Bonchev–Trinajstić information content (AvgIpc) is 2.80. The van der Waals surface area contributed by atoms with Crippen LogP contribution in [0.5, 0.6) is 0 Å². The SMILES string of the molecule is FC(F)n1ccnc1CNCc1ccc(Cl)cc1. The monoisotopic (exact) mass is 271 g/mol. The zero-order valence-corrected chi connectivity index (χ0v) is 10.2. The van der Waals surface area contributed by atoms with Gasteiger partial charge in [0.15, 0.2) is 0 Å². The molecule has 1 heterocycles. The van der Waals surface area contributed by atoms with Crippen LogP contribution in [0.25, 0.3) is 0 Å². The van der Waals surface area contributed by atoms with Crippen LogP contribution in [0.4, 0.5) is 8.78 Å². The van der Waals surface area contributed by atoms with E-state index < -0.39 is 6.55 Å². The van der Waals surface area contributed by atoms with Crippen LogP contribution in [0.2, 0.25) is 5.02 Å². The fourth-order valence-electron chi connectivity index (χ4n) is 1.58. The van der Waals surface area contributed by atoms with Gasteiger partial charge in [-0.05, 0) is 17.7 Å². The molecule has 0 radical (unpaired) electrons. The van der Waals surface area contributed by atoms with Gasteiger partial charge in [0, 0.05) is 24.0 Å². The van der Waals surface area contributed by atoms with Gasteiger partial charge in [-0.3, -0.25) is 4.57 Å². The van der Waals surface area contributed by atoms with Crippen molar-refractivity contribution in [3.63, 3.8) is 0 Å². The lowest BCUT2D eigenvalue weighted by molar-refractivity contribution is 0.0666. The first-order valence-corrected chi connectivity index (χ1v) is 5.79. The van der Waals surface area contributed by atoms with Crippen LogP contribution >= 0.6 is 11.6 Å². The Kier molecular flexibility index (Phi) is 4.28. The van der Waals surface area contributed by atoms with Crippen molar-refractivity contribution >= 4 is 11.6 Å². The summed E-state index contributed by atoms with van der Waals surface area (Å²) in [5.74, 6) is 0.318. The van der Waals surface area contributed by atoms with E-state index >= 15 is 0 Å². The molecule has 1 aromatic heterocycles. The van der Waals surface area contributed by atoms with Gasteiger partial charge in [-0.25, -0.2) is 4.98 Å². The summed E-state index contributed by atoms with van der Waals surface area (Å²) in [5, 5.41) is 3.73. The maximum atomic E-state index is 12.5. The lowest BCUT2D eigenvalue weighted by atomic mass is 10.2. The van der Waals surface area contributed by atoms with Crippen LogP contribution in [-0.2, 0) is 13.1 Å².